The van der Waals surface area contributed by atoms with Crippen LogP contribution in [0.3, 0.4) is 0 Å². The van der Waals surface area contributed by atoms with Crippen molar-refractivity contribution in [1.29, 1.82) is 0 Å². The molecule has 9 aromatic carbocycles. The van der Waals surface area contributed by atoms with Crippen LogP contribution in [0.2, 0.25) is 0 Å². The van der Waals surface area contributed by atoms with Crippen molar-refractivity contribution in [3.8, 4) is 22.3 Å². The molecule has 58 heavy (non-hydrogen) atoms. The van der Waals surface area contributed by atoms with Crippen LogP contribution in [0.1, 0.15) is 47.2 Å². The standard InChI is InChI=1S/C56H39NO/c1-55(2)47-20-11-22-49-53(47)54-48(55)21-12-23-50(54)56(49,38-15-4-3-5-16-38)39-27-31-41(32-28-39)57(42-33-34-46-45-18-8-9-24-51(45)58-52(46)35-42)40-29-25-37(26-30-40)44-19-10-14-36-13-6-7-17-43(36)44/h3-35H,1-2H3. The van der Waals surface area contributed by atoms with Gasteiger partial charge < -0.3 is 9.32 Å². The zero-order valence-electron chi connectivity index (χ0n) is 32.4. The highest BCUT2D eigenvalue weighted by Gasteiger charge is 2.52. The van der Waals surface area contributed by atoms with E-state index in [0.29, 0.717) is 0 Å². The van der Waals surface area contributed by atoms with Gasteiger partial charge in [-0.05, 0) is 109 Å². The minimum Gasteiger partial charge on any atom is -0.456 e. The predicted molar refractivity (Wildman–Crippen MR) is 241 cm³/mol. The Morgan fingerprint density at radius 1 is 0.397 bits per heavy atom. The second-order valence-electron chi connectivity index (χ2n) is 16.4. The van der Waals surface area contributed by atoms with Crippen molar-refractivity contribution < 1.29 is 4.42 Å². The number of furan rings is 1. The largest absolute Gasteiger partial charge is 0.456 e. The molecule has 0 spiro atoms. The second-order valence-corrected chi connectivity index (χ2v) is 16.4. The van der Waals surface area contributed by atoms with Gasteiger partial charge in [-0.1, -0.05) is 166 Å². The summed E-state index contributed by atoms with van der Waals surface area (Å²) in [4.78, 5) is 2.36. The summed E-state index contributed by atoms with van der Waals surface area (Å²) in [5.41, 5.74) is 17.8. The molecule has 1 aromatic heterocycles. The predicted octanol–water partition coefficient (Wildman–Crippen LogP) is 14.9. The van der Waals surface area contributed by atoms with Gasteiger partial charge in [0.1, 0.15) is 11.2 Å². The molecule has 0 radical (unpaired) electrons. The zero-order chi connectivity index (χ0) is 38.6. The maximum absolute atomic E-state index is 6.45. The summed E-state index contributed by atoms with van der Waals surface area (Å²) in [6, 6.07) is 73.5. The van der Waals surface area contributed by atoms with E-state index >= 15 is 0 Å². The molecule has 2 heteroatoms. The molecule has 0 saturated heterocycles. The summed E-state index contributed by atoms with van der Waals surface area (Å²) in [6.45, 7) is 4.75. The smallest absolute Gasteiger partial charge is 0.137 e. The molecule has 12 rings (SSSR count). The highest BCUT2D eigenvalue weighted by molar-refractivity contribution is 6.06. The van der Waals surface area contributed by atoms with Crippen LogP contribution in [0, 0.1) is 0 Å². The van der Waals surface area contributed by atoms with E-state index in [0.717, 1.165) is 39.0 Å². The summed E-state index contributed by atoms with van der Waals surface area (Å²) < 4.78 is 6.45. The number of hydrogen-bond acceptors (Lipinski definition) is 2. The van der Waals surface area contributed by atoms with Gasteiger partial charge in [-0.25, -0.2) is 0 Å². The molecule has 10 aromatic rings. The van der Waals surface area contributed by atoms with Crippen LogP contribution in [-0.2, 0) is 10.8 Å². The minimum absolute atomic E-state index is 0.0476. The number of nitrogens with zero attached hydrogens (tertiary/aromatic N) is 1. The van der Waals surface area contributed by atoms with E-state index in [1.807, 2.05) is 12.1 Å². The summed E-state index contributed by atoms with van der Waals surface area (Å²) in [6.07, 6.45) is 0. The number of fused-ring (bicyclic) bond motifs is 4. The Balaban J connectivity index is 1.04. The molecule has 0 atom stereocenters. The molecule has 0 fully saturated rings. The lowest BCUT2D eigenvalue weighted by Crippen LogP contribution is -2.30. The summed E-state index contributed by atoms with van der Waals surface area (Å²) >= 11 is 0. The average molecular weight is 742 g/mol. The fourth-order valence-corrected chi connectivity index (χ4v) is 10.5. The number of hydrogen-bond donors (Lipinski definition) is 0. The molecule has 274 valence electrons. The van der Waals surface area contributed by atoms with Crippen LogP contribution in [0.25, 0.3) is 55.0 Å². The van der Waals surface area contributed by atoms with E-state index in [1.165, 1.54) is 66.4 Å². The summed E-state index contributed by atoms with van der Waals surface area (Å²) in [7, 11) is 0. The first-order valence-corrected chi connectivity index (χ1v) is 20.3. The molecule has 2 aliphatic rings. The topological polar surface area (TPSA) is 16.4 Å². The number of anilines is 3. The first-order valence-electron chi connectivity index (χ1n) is 20.3. The Hall–Kier alpha value is -7.16. The number of benzene rings is 9. The van der Waals surface area contributed by atoms with E-state index in [4.69, 9.17) is 4.42 Å². The van der Waals surface area contributed by atoms with Crippen molar-refractivity contribution in [3.63, 3.8) is 0 Å². The minimum atomic E-state index is -0.453. The lowest BCUT2D eigenvalue weighted by Gasteiger charge is -2.36. The highest BCUT2D eigenvalue weighted by atomic mass is 16.3. The average Bonchev–Trinajstić information content (AvgIpc) is 3.88. The van der Waals surface area contributed by atoms with Crippen LogP contribution < -0.4 is 4.90 Å². The molecule has 0 unspecified atom stereocenters. The third-order valence-electron chi connectivity index (χ3n) is 13.1. The van der Waals surface area contributed by atoms with E-state index in [-0.39, 0.29) is 5.41 Å². The summed E-state index contributed by atoms with van der Waals surface area (Å²) in [5, 5.41) is 4.75. The third kappa shape index (κ3) is 4.49. The molecule has 2 aliphatic carbocycles. The lowest BCUT2D eigenvalue weighted by atomic mass is 9.66. The van der Waals surface area contributed by atoms with Crippen LogP contribution in [0.5, 0.6) is 0 Å². The number of rotatable bonds is 6. The van der Waals surface area contributed by atoms with Crippen molar-refractivity contribution in [1.82, 2.24) is 0 Å². The second kappa shape index (κ2) is 12.2. The third-order valence-corrected chi connectivity index (χ3v) is 13.1. The van der Waals surface area contributed by atoms with E-state index < -0.39 is 5.41 Å². The Morgan fingerprint density at radius 2 is 0.931 bits per heavy atom. The van der Waals surface area contributed by atoms with Crippen molar-refractivity contribution >= 4 is 49.8 Å². The van der Waals surface area contributed by atoms with E-state index in [1.54, 1.807) is 0 Å². The van der Waals surface area contributed by atoms with Crippen molar-refractivity contribution in [2.24, 2.45) is 0 Å². The van der Waals surface area contributed by atoms with Crippen LogP contribution in [0.4, 0.5) is 17.1 Å². The Labute approximate surface area is 338 Å². The van der Waals surface area contributed by atoms with Gasteiger partial charge in [0.25, 0.3) is 0 Å². The van der Waals surface area contributed by atoms with Gasteiger partial charge in [0, 0.05) is 39.3 Å². The molecular weight excluding hydrogens is 703 g/mol. The first-order chi connectivity index (χ1) is 28.5. The van der Waals surface area contributed by atoms with Gasteiger partial charge in [0.2, 0.25) is 0 Å². The molecular formula is C56H39NO. The maximum Gasteiger partial charge on any atom is 0.137 e. The summed E-state index contributed by atoms with van der Waals surface area (Å²) in [5.74, 6) is 0. The Bertz CT molecular complexity index is 3180. The molecule has 0 aliphatic heterocycles. The SMILES string of the molecule is CC1(C)c2cccc3c2-c2c1cccc2C3(c1ccccc1)c1ccc(N(c2ccc(-c3cccc4ccccc34)cc2)c2ccc3c(c2)oc2ccccc23)cc1. The first kappa shape index (κ1) is 33.0. The van der Waals surface area contributed by atoms with Gasteiger partial charge >= 0.3 is 0 Å². The van der Waals surface area contributed by atoms with Gasteiger partial charge in [-0.3, -0.25) is 0 Å². The van der Waals surface area contributed by atoms with Crippen molar-refractivity contribution in [3.05, 3.63) is 234 Å². The van der Waals surface area contributed by atoms with Gasteiger partial charge in [0.05, 0.1) is 5.41 Å². The fourth-order valence-electron chi connectivity index (χ4n) is 10.5. The zero-order valence-corrected chi connectivity index (χ0v) is 32.4. The van der Waals surface area contributed by atoms with Crippen LogP contribution in [0.15, 0.2) is 205 Å². The Morgan fingerprint density at radius 3 is 1.66 bits per heavy atom. The maximum atomic E-state index is 6.45. The molecule has 0 bridgehead atoms. The lowest BCUT2D eigenvalue weighted by molar-refractivity contribution is 0.652. The molecule has 0 amide bonds. The van der Waals surface area contributed by atoms with E-state index in [2.05, 4.69) is 207 Å². The van der Waals surface area contributed by atoms with Crippen LogP contribution in [-0.4, -0.2) is 0 Å². The van der Waals surface area contributed by atoms with Crippen molar-refractivity contribution in [2.75, 3.05) is 4.90 Å². The van der Waals surface area contributed by atoms with Gasteiger partial charge in [-0.15, -0.1) is 0 Å². The Kier molecular flexibility index (Phi) is 6.93. The quantitative estimate of drug-likeness (QED) is 0.169. The van der Waals surface area contributed by atoms with Crippen molar-refractivity contribution in [2.45, 2.75) is 24.7 Å². The van der Waals surface area contributed by atoms with E-state index in [9.17, 15) is 0 Å². The molecule has 0 saturated carbocycles. The normalized spacial score (nSPS) is 14.3. The van der Waals surface area contributed by atoms with Gasteiger partial charge in [0.15, 0.2) is 0 Å². The number of para-hydroxylation sites is 1. The fraction of sp³-hybridized carbons (Fsp3) is 0.0714. The molecule has 1 heterocycles. The molecule has 0 N–H and O–H groups in total. The van der Waals surface area contributed by atoms with Crippen LogP contribution >= 0.6 is 0 Å². The highest BCUT2D eigenvalue weighted by Crippen LogP contribution is 2.64. The van der Waals surface area contributed by atoms with Gasteiger partial charge in [-0.2, -0.15) is 0 Å². The monoisotopic (exact) mass is 741 g/mol. The molecule has 2 nitrogen and oxygen atoms in total.